The molecule has 1 aliphatic carbocycles. The number of benzene rings is 1. The SMILES string of the molecule is Cn1cc(CNC2CC(c3ccc(Br)cc3)C2)cn1. The summed E-state index contributed by atoms with van der Waals surface area (Å²) in [5.74, 6) is 0.722. The van der Waals surface area contributed by atoms with E-state index in [4.69, 9.17) is 0 Å². The molecule has 0 atom stereocenters. The Labute approximate surface area is 122 Å². The van der Waals surface area contributed by atoms with Crippen molar-refractivity contribution in [2.24, 2.45) is 7.05 Å². The molecule has 3 rings (SSSR count). The Kier molecular flexibility index (Phi) is 3.71. The molecule has 1 aliphatic rings. The van der Waals surface area contributed by atoms with Crippen LogP contribution in [0.1, 0.15) is 29.9 Å². The Balaban J connectivity index is 1.46. The number of nitrogens with zero attached hydrogens (tertiary/aromatic N) is 2. The molecule has 1 saturated carbocycles. The molecule has 0 radical (unpaired) electrons. The second-order valence-electron chi connectivity index (χ2n) is 5.32. The first kappa shape index (κ1) is 12.9. The molecule has 1 heterocycles. The molecule has 0 saturated heterocycles. The Morgan fingerprint density at radius 2 is 2.05 bits per heavy atom. The van der Waals surface area contributed by atoms with Gasteiger partial charge in [-0.05, 0) is 36.5 Å². The normalized spacial score (nSPS) is 22.2. The van der Waals surface area contributed by atoms with Crippen molar-refractivity contribution in [1.82, 2.24) is 15.1 Å². The number of rotatable bonds is 4. The monoisotopic (exact) mass is 319 g/mol. The highest BCUT2D eigenvalue weighted by atomic mass is 79.9. The van der Waals surface area contributed by atoms with E-state index in [1.165, 1.54) is 24.0 Å². The average molecular weight is 320 g/mol. The molecule has 2 aromatic rings. The molecular formula is C15H18BrN3. The van der Waals surface area contributed by atoms with E-state index in [1.54, 1.807) is 0 Å². The minimum absolute atomic E-state index is 0.647. The van der Waals surface area contributed by atoms with Crippen molar-refractivity contribution in [3.8, 4) is 0 Å². The number of aryl methyl sites for hydroxylation is 1. The van der Waals surface area contributed by atoms with Crippen LogP contribution in [0.4, 0.5) is 0 Å². The van der Waals surface area contributed by atoms with Crippen LogP contribution in [-0.2, 0) is 13.6 Å². The fourth-order valence-electron chi connectivity index (χ4n) is 2.62. The van der Waals surface area contributed by atoms with E-state index in [0.29, 0.717) is 6.04 Å². The van der Waals surface area contributed by atoms with Gasteiger partial charge in [0.2, 0.25) is 0 Å². The summed E-state index contributed by atoms with van der Waals surface area (Å²) >= 11 is 3.48. The lowest BCUT2D eigenvalue weighted by Crippen LogP contribution is -2.39. The third-order valence-electron chi connectivity index (χ3n) is 3.83. The highest BCUT2D eigenvalue weighted by Gasteiger charge is 2.29. The lowest BCUT2D eigenvalue weighted by molar-refractivity contribution is 0.289. The molecule has 0 aliphatic heterocycles. The van der Waals surface area contributed by atoms with E-state index in [2.05, 4.69) is 56.8 Å². The third-order valence-corrected chi connectivity index (χ3v) is 4.36. The van der Waals surface area contributed by atoms with Gasteiger partial charge < -0.3 is 5.32 Å². The zero-order valence-corrected chi connectivity index (χ0v) is 12.6. The molecule has 0 amide bonds. The first-order valence-electron chi connectivity index (χ1n) is 6.67. The molecule has 100 valence electrons. The van der Waals surface area contributed by atoms with Gasteiger partial charge in [0.15, 0.2) is 0 Å². The van der Waals surface area contributed by atoms with E-state index in [0.717, 1.165) is 16.9 Å². The van der Waals surface area contributed by atoms with Crippen LogP contribution in [0.15, 0.2) is 41.1 Å². The average Bonchev–Trinajstić information content (AvgIpc) is 2.75. The molecule has 1 aromatic carbocycles. The number of aromatic nitrogens is 2. The van der Waals surface area contributed by atoms with Crippen LogP contribution in [0.25, 0.3) is 0 Å². The first-order valence-corrected chi connectivity index (χ1v) is 7.46. The van der Waals surface area contributed by atoms with Crippen LogP contribution in [0.5, 0.6) is 0 Å². The van der Waals surface area contributed by atoms with Crippen LogP contribution in [-0.4, -0.2) is 15.8 Å². The van der Waals surface area contributed by atoms with Crippen molar-refractivity contribution in [3.63, 3.8) is 0 Å². The fraction of sp³-hybridized carbons (Fsp3) is 0.400. The molecule has 0 spiro atoms. The Bertz CT molecular complexity index is 541. The lowest BCUT2D eigenvalue weighted by Gasteiger charge is -2.36. The van der Waals surface area contributed by atoms with Gasteiger partial charge in [0.1, 0.15) is 0 Å². The van der Waals surface area contributed by atoms with Gasteiger partial charge in [-0.15, -0.1) is 0 Å². The number of nitrogens with one attached hydrogen (secondary N) is 1. The van der Waals surface area contributed by atoms with Crippen LogP contribution < -0.4 is 5.32 Å². The Morgan fingerprint density at radius 3 is 2.68 bits per heavy atom. The van der Waals surface area contributed by atoms with Gasteiger partial charge in [-0.25, -0.2) is 0 Å². The second kappa shape index (κ2) is 5.47. The highest BCUT2D eigenvalue weighted by molar-refractivity contribution is 9.10. The van der Waals surface area contributed by atoms with E-state index in [-0.39, 0.29) is 0 Å². The molecule has 1 aromatic heterocycles. The van der Waals surface area contributed by atoms with Crippen molar-refractivity contribution in [2.45, 2.75) is 31.3 Å². The number of hydrogen-bond donors (Lipinski definition) is 1. The molecule has 1 fully saturated rings. The molecule has 1 N–H and O–H groups in total. The smallest absolute Gasteiger partial charge is 0.0534 e. The molecular weight excluding hydrogens is 302 g/mol. The van der Waals surface area contributed by atoms with Gasteiger partial charge in [-0.3, -0.25) is 4.68 Å². The maximum absolute atomic E-state index is 4.18. The second-order valence-corrected chi connectivity index (χ2v) is 6.24. The third kappa shape index (κ3) is 3.07. The summed E-state index contributed by atoms with van der Waals surface area (Å²) in [6.45, 7) is 0.922. The van der Waals surface area contributed by atoms with Crippen molar-refractivity contribution >= 4 is 15.9 Å². The zero-order valence-electron chi connectivity index (χ0n) is 11.0. The summed E-state index contributed by atoms with van der Waals surface area (Å²) in [6.07, 6.45) is 6.47. The van der Waals surface area contributed by atoms with Crippen LogP contribution in [0.2, 0.25) is 0 Å². The van der Waals surface area contributed by atoms with Gasteiger partial charge in [-0.1, -0.05) is 28.1 Å². The summed E-state index contributed by atoms with van der Waals surface area (Å²) in [5.41, 5.74) is 2.72. The summed E-state index contributed by atoms with van der Waals surface area (Å²) < 4.78 is 3.00. The Hall–Kier alpha value is -1.13. The van der Waals surface area contributed by atoms with E-state index in [1.807, 2.05) is 17.9 Å². The van der Waals surface area contributed by atoms with E-state index < -0.39 is 0 Å². The molecule has 19 heavy (non-hydrogen) atoms. The summed E-state index contributed by atoms with van der Waals surface area (Å²) in [6, 6.07) is 9.36. The topological polar surface area (TPSA) is 29.9 Å². The van der Waals surface area contributed by atoms with Crippen LogP contribution >= 0.6 is 15.9 Å². The van der Waals surface area contributed by atoms with Crippen molar-refractivity contribution in [1.29, 1.82) is 0 Å². The summed E-state index contributed by atoms with van der Waals surface area (Å²) in [4.78, 5) is 0. The molecule has 4 heteroatoms. The fourth-order valence-corrected chi connectivity index (χ4v) is 2.88. The standard InChI is InChI=1S/C15H18BrN3/c1-19-10-11(9-18-19)8-17-15-6-13(7-15)12-2-4-14(16)5-3-12/h2-5,9-10,13,15,17H,6-8H2,1H3. The van der Waals surface area contributed by atoms with Gasteiger partial charge in [0.05, 0.1) is 6.20 Å². The quantitative estimate of drug-likeness (QED) is 0.937. The van der Waals surface area contributed by atoms with E-state index >= 15 is 0 Å². The largest absolute Gasteiger partial charge is 0.310 e. The van der Waals surface area contributed by atoms with Gasteiger partial charge in [0.25, 0.3) is 0 Å². The predicted octanol–water partition coefficient (Wildman–Crippen LogP) is 3.22. The zero-order chi connectivity index (χ0) is 13.2. The Morgan fingerprint density at radius 1 is 1.32 bits per heavy atom. The predicted molar refractivity (Wildman–Crippen MR) is 80.0 cm³/mol. The van der Waals surface area contributed by atoms with Crippen molar-refractivity contribution in [2.75, 3.05) is 0 Å². The maximum atomic E-state index is 4.18. The molecule has 0 bridgehead atoms. The van der Waals surface area contributed by atoms with Gasteiger partial charge in [-0.2, -0.15) is 5.10 Å². The highest BCUT2D eigenvalue weighted by Crippen LogP contribution is 2.37. The maximum Gasteiger partial charge on any atom is 0.0534 e. The summed E-state index contributed by atoms with van der Waals surface area (Å²) in [7, 11) is 1.95. The molecule has 3 nitrogen and oxygen atoms in total. The number of hydrogen-bond acceptors (Lipinski definition) is 2. The van der Waals surface area contributed by atoms with Crippen LogP contribution in [0.3, 0.4) is 0 Å². The minimum Gasteiger partial charge on any atom is -0.310 e. The number of halogens is 1. The van der Waals surface area contributed by atoms with Gasteiger partial charge in [0, 0.05) is 35.9 Å². The van der Waals surface area contributed by atoms with Crippen molar-refractivity contribution in [3.05, 3.63) is 52.3 Å². The van der Waals surface area contributed by atoms with E-state index in [9.17, 15) is 0 Å². The minimum atomic E-state index is 0.647. The van der Waals surface area contributed by atoms with Crippen molar-refractivity contribution < 1.29 is 0 Å². The lowest BCUT2D eigenvalue weighted by atomic mass is 9.76. The first-order chi connectivity index (χ1) is 9.20. The summed E-state index contributed by atoms with van der Waals surface area (Å²) in [5, 5.41) is 7.78. The van der Waals surface area contributed by atoms with Gasteiger partial charge >= 0.3 is 0 Å². The van der Waals surface area contributed by atoms with Crippen LogP contribution in [0, 0.1) is 0 Å². The molecule has 0 unspecified atom stereocenters.